The summed E-state index contributed by atoms with van der Waals surface area (Å²) in [5.74, 6) is 2.78. The third kappa shape index (κ3) is 4.64. The van der Waals surface area contributed by atoms with Gasteiger partial charge >= 0.3 is 0 Å². The van der Waals surface area contributed by atoms with Crippen molar-refractivity contribution in [1.29, 1.82) is 0 Å². The van der Waals surface area contributed by atoms with Crippen LogP contribution < -0.4 is 9.80 Å². The number of rotatable bonds is 4. The van der Waals surface area contributed by atoms with Gasteiger partial charge in [0.1, 0.15) is 17.5 Å². The zero-order valence-electron chi connectivity index (χ0n) is 17.0. The van der Waals surface area contributed by atoms with Gasteiger partial charge in [-0.1, -0.05) is 0 Å². The summed E-state index contributed by atoms with van der Waals surface area (Å²) in [5, 5.41) is 0. The molecule has 0 atom stereocenters. The summed E-state index contributed by atoms with van der Waals surface area (Å²) in [6, 6.07) is 9.92. The predicted molar refractivity (Wildman–Crippen MR) is 116 cm³/mol. The number of carbonyl (C=O) groups excluding carboxylic acids is 1. The molecular formula is C21H27N5O2S. The SMILES string of the molecule is CSc1ccc(C(=O)N2CCN(c3cc(N4CCOCC4)nc(C)n3)CC2)cc1. The topological polar surface area (TPSA) is 61.8 Å². The van der Waals surface area contributed by atoms with Gasteiger partial charge in [-0.15, -0.1) is 11.8 Å². The van der Waals surface area contributed by atoms with Crippen LogP contribution in [0.2, 0.25) is 0 Å². The lowest BCUT2D eigenvalue weighted by Crippen LogP contribution is -2.49. The zero-order chi connectivity index (χ0) is 20.2. The summed E-state index contributed by atoms with van der Waals surface area (Å²) >= 11 is 1.68. The van der Waals surface area contributed by atoms with E-state index < -0.39 is 0 Å². The van der Waals surface area contributed by atoms with Gasteiger partial charge < -0.3 is 19.4 Å². The average molecular weight is 414 g/mol. The van der Waals surface area contributed by atoms with Crippen LogP contribution in [0, 0.1) is 6.92 Å². The van der Waals surface area contributed by atoms with Crippen LogP contribution in [0.25, 0.3) is 0 Å². The maximum atomic E-state index is 12.8. The number of thioether (sulfide) groups is 1. The van der Waals surface area contributed by atoms with Gasteiger partial charge in [0, 0.05) is 55.8 Å². The molecule has 1 aromatic heterocycles. The molecule has 2 fully saturated rings. The van der Waals surface area contributed by atoms with Crippen LogP contribution in [0.3, 0.4) is 0 Å². The largest absolute Gasteiger partial charge is 0.378 e. The molecule has 0 bridgehead atoms. The second-order valence-corrected chi connectivity index (χ2v) is 8.12. The summed E-state index contributed by atoms with van der Waals surface area (Å²) in [6.07, 6.45) is 2.04. The molecule has 29 heavy (non-hydrogen) atoms. The van der Waals surface area contributed by atoms with Crippen LogP contribution in [-0.4, -0.2) is 79.5 Å². The smallest absolute Gasteiger partial charge is 0.253 e. The first-order chi connectivity index (χ1) is 14.1. The lowest BCUT2D eigenvalue weighted by molar-refractivity contribution is 0.0746. The molecule has 7 nitrogen and oxygen atoms in total. The molecule has 2 aliphatic rings. The Hall–Kier alpha value is -2.32. The van der Waals surface area contributed by atoms with E-state index in [0.29, 0.717) is 13.1 Å². The Bertz CT molecular complexity index is 847. The van der Waals surface area contributed by atoms with Gasteiger partial charge in [0.05, 0.1) is 13.2 Å². The number of hydrogen-bond acceptors (Lipinski definition) is 7. The first-order valence-corrected chi connectivity index (χ1v) is 11.2. The molecule has 1 amide bonds. The summed E-state index contributed by atoms with van der Waals surface area (Å²) in [7, 11) is 0. The number of ether oxygens (including phenoxy) is 1. The molecule has 154 valence electrons. The zero-order valence-corrected chi connectivity index (χ0v) is 17.8. The molecule has 0 saturated carbocycles. The van der Waals surface area contributed by atoms with Gasteiger partial charge in [0.25, 0.3) is 5.91 Å². The molecule has 0 N–H and O–H groups in total. The average Bonchev–Trinajstić information content (AvgIpc) is 2.79. The fourth-order valence-corrected chi connectivity index (χ4v) is 4.12. The monoisotopic (exact) mass is 413 g/mol. The standard InChI is InChI=1S/C21H27N5O2S/c1-16-22-19(15-20(23-16)25-11-13-28-14-12-25)24-7-9-26(10-8-24)21(27)17-3-5-18(29-2)6-4-17/h3-6,15H,7-14H2,1-2H3. The van der Waals surface area contributed by atoms with E-state index in [2.05, 4.69) is 25.8 Å². The first kappa shape index (κ1) is 20.0. The molecule has 3 heterocycles. The Kier molecular flexibility index (Phi) is 6.20. The van der Waals surface area contributed by atoms with Crippen molar-refractivity contribution in [1.82, 2.24) is 14.9 Å². The minimum absolute atomic E-state index is 0.102. The van der Waals surface area contributed by atoms with E-state index in [9.17, 15) is 4.79 Å². The first-order valence-electron chi connectivity index (χ1n) is 10.0. The van der Waals surface area contributed by atoms with E-state index >= 15 is 0 Å². The van der Waals surface area contributed by atoms with Crippen molar-refractivity contribution in [3.8, 4) is 0 Å². The van der Waals surface area contributed by atoms with Crippen molar-refractivity contribution in [3.63, 3.8) is 0 Å². The number of anilines is 2. The number of benzene rings is 1. The number of morpholine rings is 1. The lowest BCUT2D eigenvalue weighted by atomic mass is 10.2. The fraction of sp³-hybridized carbons (Fsp3) is 0.476. The predicted octanol–water partition coefficient (Wildman–Crippen LogP) is 2.31. The number of amides is 1. The van der Waals surface area contributed by atoms with Gasteiger partial charge in [0.15, 0.2) is 0 Å². The normalized spacial score (nSPS) is 17.5. The number of aromatic nitrogens is 2. The van der Waals surface area contributed by atoms with Gasteiger partial charge in [-0.25, -0.2) is 9.97 Å². The Morgan fingerprint density at radius 2 is 1.52 bits per heavy atom. The highest BCUT2D eigenvalue weighted by Crippen LogP contribution is 2.22. The van der Waals surface area contributed by atoms with E-state index in [0.717, 1.165) is 62.4 Å². The Morgan fingerprint density at radius 3 is 2.10 bits per heavy atom. The fourth-order valence-electron chi connectivity index (χ4n) is 3.71. The van der Waals surface area contributed by atoms with E-state index in [1.165, 1.54) is 4.90 Å². The van der Waals surface area contributed by atoms with Crippen LogP contribution >= 0.6 is 11.8 Å². The van der Waals surface area contributed by atoms with E-state index in [1.807, 2.05) is 42.3 Å². The lowest BCUT2D eigenvalue weighted by Gasteiger charge is -2.36. The van der Waals surface area contributed by atoms with Crippen molar-refractivity contribution in [3.05, 3.63) is 41.7 Å². The summed E-state index contributed by atoms with van der Waals surface area (Å²) < 4.78 is 5.45. The van der Waals surface area contributed by atoms with Crippen LogP contribution in [-0.2, 0) is 4.74 Å². The quantitative estimate of drug-likeness (QED) is 0.713. The van der Waals surface area contributed by atoms with E-state index in [-0.39, 0.29) is 5.91 Å². The summed E-state index contributed by atoms with van der Waals surface area (Å²) in [6.45, 7) is 8.04. The van der Waals surface area contributed by atoms with Crippen molar-refractivity contribution >= 4 is 29.3 Å². The molecular weight excluding hydrogens is 386 g/mol. The molecule has 0 aliphatic carbocycles. The second-order valence-electron chi connectivity index (χ2n) is 7.24. The minimum Gasteiger partial charge on any atom is -0.378 e. The molecule has 2 saturated heterocycles. The summed E-state index contributed by atoms with van der Waals surface area (Å²) in [4.78, 5) is 29.7. The van der Waals surface area contributed by atoms with Crippen LogP contribution in [0.15, 0.2) is 35.2 Å². The van der Waals surface area contributed by atoms with Crippen LogP contribution in [0.1, 0.15) is 16.2 Å². The molecule has 1 aromatic carbocycles. The highest BCUT2D eigenvalue weighted by atomic mass is 32.2. The minimum atomic E-state index is 0.102. The molecule has 8 heteroatoms. The molecule has 2 aliphatic heterocycles. The molecule has 0 unspecified atom stereocenters. The third-order valence-corrected chi connectivity index (χ3v) is 6.12. The highest BCUT2D eigenvalue weighted by molar-refractivity contribution is 7.98. The Balaban J connectivity index is 1.41. The number of aryl methyl sites for hydroxylation is 1. The maximum Gasteiger partial charge on any atom is 0.253 e. The van der Waals surface area contributed by atoms with Gasteiger partial charge in [-0.05, 0) is 37.4 Å². The van der Waals surface area contributed by atoms with Crippen LogP contribution in [0.5, 0.6) is 0 Å². The van der Waals surface area contributed by atoms with Gasteiger partial charge in [0.2, 0.25) is 0 Å². The molecule has 2 aromatic rings. The third-order valence-electron chi connectivity index (χ3n) is 5.37. The second kappa shape index (κ2) is 9.00. The van der Waals surface area contributed by atoms with Crippen molar-refractivity contribution in [2.45, 2.75) is 11.8 Å². The van der Waals surface area contributed by atoms with E-state index in [1.54, 1.807) is 11.8 Å². The van der Waals surface area contributed by atoms with Crippen molar-refractivity contribution in [2.75, 3.05) is 68.5 Å². The van der Waals surface area contributed by atoms with Crippen molar-refractivity contribution < 1.29 is 9.53 Å². The summed E-state index contributed by atoms with van der Waals surface area (Å²) in [5.41, 5.74) is 0.753. The molecule has 0 radical (unpaired) electrons. The number of carbonyl (C=O) groups is 1. The number of piperazine rings is 1. The maximum absolute atomic E-state index is 12.8. The van der Waals surface area contributed by atoms with Crippen LogP contribution in [0.4, 0.5) is 11.6 Å². The van der Waals surface area contributed by atoms with E-state index in [4.69, 9.17) is 4.74 Å². The van der Waals surface area contributed by atoms with Gasteiger partial charge in [-0.2, -0.15) is 0 Å². The molecule has 4 rings (SSSR count). The van der Waals surface area contributed by atoms with Crippen molar-refractivity contribution in [2.24, 2.45) is 0 Å². The molecule has 0 spiro atoms. The highest BCUT2D eigenvalue weighted by Gasteiger charge is 2.24. The van der Waals surface area contributed by atoms with Gasteiger partial charge in [-0.3, -0.25) is 4.79 Å². The Labute approximate surface area is 176 Å². The Morgan fingerprint density at radius 1 is 0.931 bits per heavy atom. The number of nitrogens with zero attached hydrogens (tertiary/aromatic N) is 5. The number of hydrogen-bond donors (Lipinski definition) is 0.